The lowest BCUT2D eigenvalue weighted by molar-refractivity contribution is 0.141. The van der Waals surface area contributed by atoms with Gasteiger partial charge >= 0.3 is 0 Å². The standard InChI is InChI=1S/C11H19N3S/c1-9-14-6-10(15-9)5-13-8-11(7-12)3-2-4-11/h6,13H,2-5,7-8,12H2,1H3. The summed E-state index contributed by atoms with van der Waals surface area (Å²) in [5.74, 6) is 0. The van der Waals surface area contributed by atoms with Crippen LogP contribution in [0, 0.1) is 12.3 Å². The van der Waals surface area contributed by atoms with Crippen molar-refractivity contribution in [2.75, 3.05) is 13.1 Å². The van der Waals surface area contributed by atoms with Gasteiger partial charge in [-0.2, -0.15) is 0 Å². The van der Waals surface area contributed by atoms with Crippen LogP contribution >= 0.6 is 11.3 Å². The maximum Gasteiger partial charge on any atom is 0.0897 e. The summed E-state index contributed by atoms with van der Waals surface area (Å²) >= 11 is 1.77. The van der Waals surface area contributed by atoms with Crippen molar-refractivity contribution in [1.82, 2.24) is 10.3 Å². The van der Waals surface area contributed by atoms with Crippen molar-refractivity contribution in [3.8, 4) is 0 Å². The van der Waals surface area contributed by atoms with E-state index in [1.54, 1.807) is 11.3 Å². The lowest BCUT2D eigenvalue weighted by atomic mass is 9.69. The number of nitrogens with one attached hydrogen (secondary N) is 1. The Labute approximate surface area is 95.1 Å². The van der Waals surface area contributed by atoms with Gasteiger partial charge in [0.15, 0.2) is 0 Å². The lowest BCUT2D eigenvalue weighted by Gasteiger charge is -2.41. The Balaban J connectivity index is 1.74. The van der Waals surface area contributed by atoms with E-state index in [0.717, 1.165) is 24.6 Å². The van der Waals surface area contributed by atoms with Crippen molar-refractivity contribution < 1.29 is 0 Å². The summed E-state index contributed by atoms with van der Waals surface area (Å²) in [7, 11) is 0. The zero-order valence-corrected chi connectivity index (χ0v) is 10.1. The number of aryl methyl sites for hydroxylation is 1. The predicted octanol–water partition coefficient (Wildman–Crippen LogP) is 1.67. The first-order chi connectivity index (χ1) is 7.24. The van der Waals surface area contributed by atoms with E-state index in [2.05, 4.69) is 10.3 Å². The zero-order chi connectivity index (χ0) is 10.7. The van der Waals surface area contributed by atoms with E-state index in [1.807, 2.05) is 13.1 Å². The lowest BCUT2D eigenvalue weighted by Crippen LogP contribution is -2.45. The quantitative estimate of drug-likeness (QED) is 0.801. The van der Waals surface area contributed by atoms with Crippen LogP contribution in [0.1, 0.15) is 29.1 Å². The van der Waals surface area contributed by atoms with Gasteiger partial charge in [0.05, 0.1) is 5.01 Å². The summed E-state index contributed by atoms with van der Waals surface area (Å²) in [5, 5.41) is 4.64. The molecule has 1 aliphatic rings. The highest BCUT2D eigenvalue weighted by atomic mass is 32.1. The van der Waals surface area contributed by atoms with Crippen LogP contribution in [0.4, 0.5) is 0 Å². The van der Waals surface area contributed by atoms with Crippen LogP contribution in [0.5, 0.6) is 0 Å². The van der Waals surface area contributed by atoms with Crippen molar-refractivity contribution in [2.24, 2.45) is 11.1 Å². The topological polar surface area (TPSA) is 50.9 Å². The molecular formula is C11H19N3S. The first-order valence-electron chi connectivity index (χ1n) is 5.56. The fraction of sp³-hybridized carbons (Fsp3) is 0.727. The monoisotopic (exact) mass is 225 g/mol. The van der Waals surface area contributed by atoms with Crippen LogP contribution in [0.15, 0.2) is 6.20 Å². The summed E-state index contributed by atoms with van der Waals surface area (Å²) in [5.41, 5.74) is 6.21. The molecule has 3 nitrogen and oxygen atoms in total. The smallest absolute Gasteiger partial charge is 0.0897 e. The van der Waals surface area contributed by atoms with Crippen LogP contribution in [-0.2, 0) is 6.54 Å². The minimum atomic E-state index is 0.403. The fourth-order valence-electron chi connectivity index (χ4n) is 2.07. The molecule has 84 valence electrons. The molecule has 0 radical (unpaired) electrons. The van der Waals surface area contributed by atoms with Crippen molar-refractivity contribution in [1.29, 1.82) is 0 Å². The fourth-order valence-corrected chi connectivity index (χ4v) is 2.83. The second kappa shape index (κ2) is 4.60. The van der Waals surface area contributed by atoms with Crippen molar-refractivity contribution in [3.63, 3.8) is 0 Å². The van der Waals surface area contributed by atoms with Gasteiger partial charge in [0.1, 0.15) is 0 Å². The number of aromatic nitrogens is 1. The van der Waals surface area contributed by atoms with Crippen LogP contribution in [0.3, 0.4) is 0 Å². The number of nitrogens with two attached hydrogens (primary N) is 1. The van der Waals surface area contributed by atoms with Crippen molar-refractivity contribution in [3.05, 3.63) is 16.1 Å². The van der Waals surface area contributed by atoms with Gasteiger partial charge < -0.3 is 11.1 Å². The van der Waals surface area contributed by atoms with Crippen molar-refractivity contribution >= 4 is 11.3 Å². The molecule has 15 heavy (non-hydrogen) atoms. The van der Waals surface area contributed by atoms with Gasteiger partial charge in [-0.15, -0.1) is 11.3 Å². The second-order valence-corrected chi connectivity index (χ2v) is 5.83. The highest BCUT2D eigenvalue weighted by molar-refractivity contribution is 7.11. The molecule has 0 saturated heterocycles. The number of nitrogens with zero attached hydrogens (tertiary/aromatic N) is 1. The van der Waals surface area contributed by atoms with Crippen LogP contribution in [0.2, 0.25) is 0 Å². The molecule has 2 rings (SSSR count). The largest absolute Gasteiger partial charge is 0.330 e. The van der Waals surface area contributed by atoms with Crippen molar-refractivity contribution in [2.45, 2.75) is 32.7 Å². The van der Waals surface area contributed by atoms with E-state index in [0.29, 0.717) is 5.41 Å². The molecule has 0 unspecified atom stereocenters. The summed E-state index contributed by atoms with van der Waals surface area (Å²) in [6.45, 7) is 4.86. The summed E-state index contributed by atoms with van der Waals surface area (Å²) in [6.07, 6.45) is 5.89. The molecule has 3 N–H and O–H groups in total. The Morgan fingerprint density at radius 3 is 2.87 bits per heavy atom. The van der Waals surface area contributed by atoms with Gasteiger partial charge in [0.2, 0.25) is 0 Å². The Morgan fingerprint density at radius 2 is 2.40 bits per heavy atom. The highest BCUT2D eigenvalue weighted by Gasteiger charge is 2.34. The minimum Gasteiger partial charge on any atom is -0.330 e. The van der Waals surface area contributed by atoms with Gasteiger partial charge in [-0.05, 0) is 31.7 Å². The summed E-state index contributed by atoms with van der Waals surface area (Å²) in [4.78, 5) is 5.56. The summed E-state index contributed by atoms with van der Waals surface area (Å²) in [6, 6.07) is 0. The Kier molecular flexibility index (Phi) is 3.38. The molecule has 1 saturated carbocycles. The van der Waals surface area contributed by atoms with Crippen LogP contribution in [0.25, 0.3) is 0 Å². The molecule has 0 amide bonds. The third-order valence-corrected chi connectivity index (χ3v) is 4.23. The average Bonchev–Trinajstić information content (AvgIpc) is 2.56. The molecule has 1 aliphatic carbocycles. The second-order valence-electron chi connectivity index (χ2n) is 4.51. The molecule has 0 atom stereocenters. The number of rotatable bonds is 5. The van der Waals surface area contributed by atoms with Gasteiger partial charge in [0.25, 0.3) is 0 Å². The van der Waals surface area contributed by atoms with Gasteiger partial charge in [0, 0.05) is 24.2 Å². The number of thiazole rings is 1. The summed E-state index contributed by atoms with van der Waals surface area (Å²) < 4.78 is 0. The molecule has 1 aromatic heterocycles. The molecule has 1 fully saturated rings. The number of hydrogen-bond acceptors (Lipinski definition) is 4. The van der Waals surface area contributed by atoms with Crippen LogP contribution < -0.4 is 11.1 Å². The normalized spacial score (nSPS) is 18.8. The third kappa shape index (κ3) is 2.56. The Morgan fingerprint density at radius 1 is 1.60 bits per heavy atom. The van der Waals surface area contributed by atoms with Gasteiger partial charge in [-0.25, -0.2) is 4.98 Å². The highest BCUT2D eigenvalue weighted by Crippen LogP contribution is 2.39. The first kappa shape index (κ1) is 11.0. The zero-order valence-electron chi connectivity index (χ0n) is 9.25. The third-order valence-electron chi connectivity index (χ3n) is 3.32. The molecule has 4 heteroatoms. The SMILES string of the molecule is Cc1ncc(CNCC2(CN)CCC2)s1. The Bertz CT molecular complexity index is 312. The first-order valence-corrected chi connectivity index (χ1v) is 6.38. The maximum atomic E-state index is 5.80. The van der Waals surface area contributed by atoms with E-state index in [-0.39, 0.29) is 0 Å². The van der Waals surface area contributed by atoms with E-state index >= 15 is 0 Å². The predicted molar refractivity (Wildman–Crippen MR) is 63.9 cm³/mol. The molecule has 1 aromatic rings. The molecule has 0 spiro atoms. The molecule has 0 aromatic carbocycles. The van der Waals surface area contributed by atoms with Gasteiger partial charge in [-0.1, -0.05) is 6.42 Å². The van der Waals surface area contributed by atoms with E-state index < -0.39 is 0 Å². The molecule has 1 heterocycles. The average molecular weight is 225 g/mol. The minimum absolute atomic E-state index is 0.403. The van der Waals surface area contributed by atoms with E-state index in [1.165, 1.54) is 24.1 Å². The molecule has 0 aliphatic heterocycles. The maximum absolute atomic E-state index is 5.80. The number of hydrogen-bond donors (Lipinski definition) is 2. The Hall–Kier alpha value is -0.450. The van der Waals surface area contributed by atoms with Gasteiger partial charge in [-0.3, -0.25) is 0 Å². The van der Waals surface area contributed by atoms with E-state index in [9.17, 15) is 0 Å². The molecular weight excluding hydrogens is 206 g/mol. The van der Waals surface area contributed by atoms with E-state index in [4.69, 9.17) is 5.73 Å². The van der Waals surface area contributed by atoms with Crippen LogP contribution in [-0.4, -0.2) is 18.1 Å². The molecule has 0 bridgehead atoms.